The zero-order valence-corrected chi connectivity index (χ0v) is 9.73. The lowest BCUT2D eigenvalue weighted by Gasteiger charge is -2.08. The molecule has 1 aliphatic carbocycles. The highest BCUT2D eigenvalue weighted by Gasteiger charge is 2.26. The quantitative estimate of drug-likeness (QED) is 0.613. The van der Waals surface area contributed by atoms with Crippen LogP contribution in [0.25, 0.3) is 0 Å². The lowest BCUT2D eigenvalue weighted by atomic mass is 10.4. The topological polar surface area (TPSA) is 58.2 Å². The second-order valence-corrected chi connectivity index (χ2v) is 6.05. The van der Waals surface area contributed by atoms with E-state index in [4.69, 9.17) is 0 Å². The summed E-state index contributed by atoms with van der Waals surface area (Å²) in [5.41, 5.74) is 0. The van der Waals surface area contributed by atoms with Crippen LogP contribution in [0.4, 0.5) is 0 Å². The molecule has 1 rings (SSSR count). The van der Waals surface area contributed by atoms with Gasteiger partial charge in [-0.1, -0.05) is 13.8 Å². The molecular formula is C9H20N2O2S. The van der Waals surface area contributed by atoms with E-state index in [0.717, 1.165) is 19.4 Å². The summed E-state index contributed by atoms with van der Waals surface area (Å²) >= 11 is 0. The Kier molecular flexibility index (Phi) is 4.34. The smallest absolute Gasteiger partial charge is 0.211 e. The molecule has 0 unspecified atom stereocenters. The Hall–Kier alpha value is -0.130. The van der Waals surface area contributed by atoms with Crippen LogP contribution in [-0.4, -0.2) is 32.8 Å². The van der Waals surface area contributed by atoms with Gasteiger partial charge in [-0.15, -0.1) is 0 Å². The first-order chi connectivity index (χ1) is 6.49. The molecule has 14 heavy (non-hydrogen) atoms. The zero-order valence-electron chi connectivity index (χ0n) is 8.91. The van der Waals surface area contributed by atoms with Crippen molar-refractivity contribution in [1.29, 1.82) is 0 Å². The van der Waals surface area contributed by atoms with E-state index in [2.05, 4.69) is 23.9 Å². The molecule has 0 spiro atoms. The number of sulfonamides is 1. The molecule has 0 radical (unpaired) electrons. The number of hydrogen-bond acceptors (Lipinski definition) is 3. The van der Waals surface area contributed by atoms with Crippen LogP contribution in [-0.2, 0) is 10.0 Å². The second kappa shape index (κ2) is 5.09. The predicted octanol–water partition coefficient (Wildman–Crippen LogP) is 0.456. The standard InChI is InChI=1S/C9H20N2O2S/c1-8(2)10-6-3-7-14(12,13)11-9-4-5-9/h8-11H,3-7H2,1-2H3. The van der Waals surface area contributed by atoms with Gasteiger partial charge in [-0.05, 0) is 25.8 Å². The molecule has 2 N–H and O–H groups in total. The zero-order chi connectivity index (χ0) is 10.6. The molecule has 1 saturated carbocycles. The minimum absolute atomic E-state index is 0.234. The highest BCUT2D eigenvalue weighted by atomic mass is 32.2. The first-order valence-corrected chi connectivity index (χ1v) is 6.88. The van der Waals surface area contributed by atoms with Crippen molar-refractivity contribution < 1.29 is 8.42 Å². The van der Waals surface area contributed by atoms with Crippen LogP contribution in [0.5, 0.6) is 0 Å². The van der Waals surface area contributed by atoms with Gasteiger partial charge in [0.25, 0.3) is 0 Å². The van der Waals surface area contributed by atoms with Gasteiger partial charge < -0.3 is 5.32 Å². The van der Waals surface area contributed by atoms with Gasteiger partial charge in [0.1, 0.15) is 0 Å². The Morgan fingerprint density at radius 1 is 1.36 bits per heavy atom. The van der Waals surface area contributed by atoms with E-state index in [1.807, 2.05) is 0 Å². The van der Waals surface area contributed by atoms with E-state index in [9.17, 15) is 8.42 Å². The molecule has 84 valence electrons. The Bertz CT molecular complexity index is 258. The van der Waals surface area contributed by atoms with Gasteiger partial charge in [0.2, 0.25) is 10.0 Å². The molecule has 0 bridgehead atoms. The Balaban J connectivity index is 2.09. The summed E-state index contributed by atoms with van der Waals surface area (Å²) in [6.45, 7) is 4.87. The van der Waals surface area contributed by atoms with Crippen molar-refractivity contribution in [3.8, 4) is 0 Å². The van der Waals surface area contributed by atoms with Crippen molar-refractivity contribution in [2.24, 2.45) is 0 Å². The highest BCUT2D eigenvalue weighted by molar-refractivity contribution is 7.89. The van der Waals surface area contributed by atoms with Crippen LogP contribution >= 0.6 is 0 Å². The average molecular weight is 220 g/mol. The first kappa shape index (κ1) is 11.9. The number of nitrogens with one attached hydrogen (secondary N) is 2. The Labute approximate surface area is 86.5 Å². The Morgan fingerprint density at radius 3 is 2.50 bits per heavy atom. The van der Waals surface area contributed by atoms with Gasteiger partial charge in [0.05, 0.1) is 5.75 Å². The van der Waals surface area contributed by atoms with Crippen LogP contribution in [0.3, 0.4) is 0 Å². The molecule has 0 atom stereocenters. The fraction of sp³-hybridized carbons (Fsp3) is 1.00. The summed E-state index contributed by atoms with van der Waals surface area (Å²) in [4.78, 5) is 0. The maximum atomic E-state index is 11.4. The molecule has 0 aliphatic heterocycles. The van der Waals surface area contributed by atoms with E-state index in [1.165, 1.54) is 0 Å². The van der Waals surface area contributed by atoms with Crippen LogP contribution in [0.1, 0.15) is 33.1 Å². The molecule has 0 aromatic heterocycles. The van der Waals surface area contributed by atoms with Gasteiger partial charge >= 0.3 is 0 Å². The normalized spacial score (nSPS) is 17.6. The van der Waals surface area contributed by atoms with Crippen molar-refractivity contribution in [2.75, 3.05) is 12.3 Å². The summed E-state index contributed by atoms with van der Waals surface area (Å²) in [5.74, 6) is 0.239. The van der Waals surface area contributed by atoms with Crippen LogP contribution in [0.15, 0.2) is 0 Å². The largest absolute Gasteiger partial charge is 0.314 e. The second-order valence-electron chi connectivity index (χ2n) is 4.17. The van der Waals surface area contributed by atoms with Crippen molar-refractivity contribution >= 4 is 10.0 Å². The molecule has 0 aromatic carbocycles. The van der Waals surface area contributed by atoms with Crippen LogP contribution < -0.4 is 10.0 Å². The maximum absolute atomic E-state index is 11.4. The van der Waals surface area contributed by atoms with Gasteiger partial charge in [0, 0.05) is 12.1 Å². The van der Waals surface area contributed by atoms with Crippen molar-refractivity contribution in [3.63, 3.8) is 0 Å². The first-order valence-electron chi connectivity index (χ1n) is 5.23. The molecule has 0 heterocycles. The van der Waals surface area contributed by atoms with Crippen molar-refractivity contribution in [2.45, 2.75) is 45.2 Å². The molecule has 1 aliphatic rings. The molecular weight excluding hydrogens is 200 g/mol. The van der Waals surface area contributed by atoms with E-state index in [1.54, 1.807) is 0 Å². The fourth-order valence-corrected chi connectivity index (χ4v) is 2.55. The fourth-order valence-electron chi connectivity index (χ4n) is 1.17. The van der Waals surface area contributed by atoms with Gasteiger partial charge in [-0.3, -0.25) is 0 Å². The van der Waals surface area contributed by atoms with Crippen molar-refractivity contribution in [3.05, 3.63) is 0 Å². The third-order valence-corrected chi connectivity index (χ3v) is 3.58. The molecule has 5 heteroatoms. The average Bonchev–Trinajstić information content (AvgIpc) is 2.81. The van der Waals surface area contributed by atoms with Gasteiger partial charge in [-0.25, -0.2) is 13.1 Å². The molecule has 1 fully saturated rings. The third-order valence-electron chi connectivity index (χ3n) is 2.07. The molecule has 0 amide bonds. The number of hydrogen-bond donors (Lipinski definition) is 2. The van der Waals surface area contributed by atoms with Crippen LogP contribution in [0, 0.1) is 0 Å². The monoisotopic (exact) mass is 220 g/mol. The lowest BCUT2D eigenvalue weighted by molar-refractivity contribution is 0.560. The number of rotatable bonds is 7. The minimum atomic E-state index is -3.01. The maximum Gasteiger partial charge on any atom is 0.211 e. The molecule has 0 aromatic rings. The summed E-state index contributed by atoms with van der Waals surface area (Å²) in [6, 6.07) is 0.659. The summed E-state index contributed by atoms with van der Waals surface area (Å²) < 4.78 is 25.4. The lowest BCUT2D eigenvalue weighted by Crippen LogP contribution is -2.31. The minimum Gasteiger partial charge on any atom is -0.314 e. The van der Waals surface area contributed by atoms with E-state index >= 15 is 0 Å². The molecule has 0 saturated heterocycles. The summed E-state index contributed by atoms with van der Waals surface area (Å²) in [5, 5.41) is 3.19. The molecule has 4 nitrogen and oxygen atoms in total. The summed E-state index contributed by atoms with van der Waals surface area (Å²) in [7, 11) is -3.01. The van der Waals surface area contributed by atoms with E-state index in [0.29, 0.717) is 12.5 Å². The van der Waals surface area contributed by atoms with Gasteiger partial charge in [-0.2, -0.15) is 0 Å². The van der Waals surface area contributed by atoms with E-state index in [-0.39, 0.29) is 11.8 Å². The van der Waals surface area contributed by atoms with Crippen LogP contribution in [0.2, 0.25) is 0 Å². The predicted molar refractivity (Wildman–Crippen MR) is 57.7 cm³/mol. The van der Waals surface area contributed by atoms with E-state index < -0.39 is 10.0 Å². The third kappa shape index (κ3) is 5.57. The highest BCUT2D eigenvalue weighted by Crippen LogP contribution is 2.19. The summed E-state index contributed by atoms with van der Waals surface area (Å²) in [6.07, 6.45) is 2.69. The van der Waals surface area contributed by atoms with Gasteiger partial charge in [0.15, 0.2) is 0 Å². The van der Waals surface area contributed by atoms with Crippen molar-refractivity contribution in [1.82, 2.24) is 10.0 Å². The SMILES string of the molecule is CC(C)NCCCS(=O)(=O)NC1CC1. The Morgan fingerprint density at radius 2 is 2.00 bits per heavy atom.